The van der Waals surface area contributed by atoms with Crippen LogP contribution in [0.25, 0.3) is 0 Å². The molecule has 0 aliphatic carbocycles. The molecule has 0 radical (unpaired) electrons. The Morgan fingerprint density at radius 3 is 2.96 bits per heavy atom. The Morgan fingerprint density at radius 2 is 2.19 bits per heavy atom. The number of hydrogen-bond acceptors (Lipinski definition) is 4. The number of piperidine rings is 1. The van der Waals surface area contributed by atoms with E-state index in [0.29, 0.717) is 24.8 Å². The number of pyridine rings is 1. The van der Waals surface area contributed by atoms with Gasteiger partial charge in [0, 0.05) is 63.5 Å². The number of imidazole rings is 1. The second kappa shape index (κ2) is 8.34. The molecule has 6 heteroatoms. The molecule has 1 amide bonds. The number of carbonyl (C=O) groups excluding carboxylic acids is 1. The van der Waals surface area contributed by atoms with Gasteiger partial charge in [0.05, 0.1) is 0 Å². The number of anilines is 1. The lowest BCUT2D eigenvalue weighted by Crippen LogP contribution is -2.39. The van der Waals surface area contributed by atoms with Crippen LogP contribution < -0.4 is 5.32 Å². The molecule has 1 saturated heterocycles. The molecule has 2 aromatic heterocycles. The molecule has 1 aliphatic rings. The van der Waals surface area contributed by atoms with Gasteiger partial charge in [-0.1, -0.05) is 13.8 Å². The summed E-state index contributed by atoms with van der Waals surface area (Å²) < 4.78 is 2.10. The van der Waals surface area contributed by atoms with Crippen molar-refractivity contribution < 1.29 is 4.79 Å². The van der Waals surface area contributed by atoms with Gasteiger partial charge >= 0.3 is 0 Å². The van der Waals surface area contributed by atoms with Crippen molar-refractivity contribution >= 4 is 11.7 Å². The molecule has 1 aliphatic heterocycles. The Hall–Kier alpha value is -2.37. The van der Waals surface area contributed by atoms with Crippen LogP contribution >= 0.6 is 0 Å². The van der Waals surface area contributed by atoms with E-state index in [-0.39, 0.29) is 5.91 Å². The van der Waals surface area contributed by atoms with Gasteiger partial charge in [0.1, 0.15) is 11.6 Å². The largest absolute Gasteiger partial charge is 0.373 e. The first kappa shape index (κ1) is 18.4. The minimum Gasteiger partial charge on any atom is -0.373 e. The maximum atomic E-state index is 12.7. The predicted octanol–water partition coefficient (Wildman–Crippen LogP) is 3.24. The molecule has 26 heavy (non-hydrogen) atoms. The van der Waals surface area contributed by atoms with Crippen molar-refractivity contribution in [3.05, 3.63) is 42.1 Å². The number of nitrogens with one attached hydrogen (secondary N) is 1. The van der Waals surface area contributed by atoms with E-state index < -0.39 is 0 Å². The number of likely N-dealkylation sites (tertiary alicyclic amines) is 1. The third-order valence-electron chi connectivity index (χ3n) is 5.12. The number of nitrogens with zero attached hydrogens (tertiary/aromatic N) is 4. The Balaban J connectivity index is 1.60. The van der Waals surface area contributed by atoms with Crippen molar-refractivity contribution in [3.63, 3.8) is 0 Å². The summed E-state index contributed by atoms with van der Waals surface area (Å²) in [5, 5.41) is 3.09. The van der Waals surface area contributed by atoms with Crippen molar-refractivity contribution in [3.8, 4) is 0 Å². The third-order valence-corrected chi connectivity index (χ3v) is 5.12. The topological polar surface area (TPSA) is 63.1 Å². The fourth-order valence-electron chi connectivity index (χ4n) is 3.70. The molecule has 1 N–H and O–H groups in total. The summed E-state index contributed by atoms with van der Waals surface area (Å²) in [6.45, 7) is 6.62. The van der Waals surface area contributed by atoms with E-state index in [2.05, 4.69) is 45.8 Å². The van der Waals surface area contributed by atoms with Crippen molar-refractivity contribution in [1.82, 2.24) is 19.4 Å². The SMILES string of the molecule is CNc1cc(C2CCCN(C(=O)CCn3ccnc3C(C)C)C2)ccn1. The van der Waals surface area contributed by atoms with Gasteiger partial charge in [-0.2, -0.15) is 0 Å². The van der Waals surface area contributed by atoms with E-state index in [1.54, 1.807) is 0 Å². The van der Waals surface area contributed by atoms with Crippen LogP contribution in [0.5, 0.6) is 0 Å². The quantitative estimate of drug-likeness (QED) is 0.864. The van der Waals surface area contributed by atoms with Crippen molar-refractivity contribution in [2.75, 3.05) is 25.5 Å². The van der Waals surface area contributed by atoms with Crippen molar-refractivity contribution in [2.24, 2.45) is 0 Å². The first-order valence-electron chi connectivity index (χ1n) is 9.51. The highest BCUT2D eigenvalue weighted by molar-refractivity contribution is 5.76. The monoisotopic (exact) mass is 355 g/mol. The van der Waals surface area contributed by atoms with Crippen molar-refractivity contribution in [1.29, 1.82) is 0 Å². The average molecular weight is 355 g/mol. The number of carbonyl (C=O) groups is 1. The van der Waals surface area contributed by atoms with Crippen LogP contribution in [0.1, 0.15) is 56.3 Å². The summed E-state index contributed by atoms with van der Waals surface area (Å²) in [6.07, 6.45) is 8.33. The summed E-state index contributed by atoms with van der Waals surface area (Å²) >= 11 is 0. The zero-order chi connectivity index (χ0) is 18.5. The minimum atomic E-state index is 0.237. The highest BCUT2D eigenvalue weighted by Crippen LogP contribution is 2.28. The molecule has 0 saturated carbocycles. The lowest BCUT2D eigenvalue weighted by atomic mass is 9.91. The van der Waals surface area contributed by atoms with Crippen molar-refractivity contribution in [2.45, 2.75) is 51.5 Å². The van der Waals surface area contributed by atoms with Crippen LogP contribution in [0.15, 0.2) is 30.7 Å². The highest BCUT2D eigenvalue weighted by Gasteiger charge is 2.25. The molecule has 0 spiro atoms. The van der Waals surface area contributed by atoms with Gasteiger partial charge < -0.3 is 14.8 Å². The van der Waals surface area contributed by atoms with Crippen LogP contribution in [0.2, 0.25) is 0 Å². The molecule has 0 bridgehead atoms. The molecular formula is C20H29N5O. The maximum absolute atomic E-state index is 12.7. The average Bonchev–Trinajstić information content (AvgIpc) is 3.15. The predicted molar refractivity (Wildman–Crippen MR) is 103 cm³/mol. The lowest BCUT2D eigenvalue weighted by molar-refractivity contribution is -0.132. The zero-order valence-electron chi connectivity index (χ0n) is 16.0. The second-order valence-corrected chi connectivity index (χ2v) is 7.29. The summed E-state index contributed by atoms with van der Waals surface area (Å²) in [6, 6.07) is 4.17. The number of hydrogen-bond donors (Lipinski definition) is 1. The first-order valence-corrected chi connectivity index (χ1v) is 9.51. The molecule has 3 rings (SSSR count). The van der Waals surface area contributed by atoms with Crippen LogP contribution in [-0.2, 0) is 11.3 Å². The fourth-order valence-corrected chi connectivity index (χ4v) is 3.70. The summed E-state index contributed by atoms with van der Waals surface area (Å²) in [5.74, 6) is 2.92. The molecule has 3 heterocycles. The summed E-state index contributed by atoms with van der Waals surface area (Å²) in [7, 11) is 1.88. The van der Waals surface area contributed by atoms with Gasteiger partial charge in [0.2, 0.25) is 5.91 Å². The van der Waals surface area contributed by atoms with Crippen LogP contribution in [0, 0.1) is 0 Å². The number of aromatic nitrogens is 3. The van der Waals surface area contributed by atoms with E-state index in [9.17, 15) is 4.79 Å². The van der Waals surface area contributed by atoms with E-state index in [1.807, 2.05) is 30.5 Å². The number of rotatable bonds is 6. The van der Waals surface area contributed by atoms with Crippen LogP contribution in [0.4, 0.5) is 5.82 Å². The normalized spacial score (nSPS) is 17.5. The van der Waals surface area contributed by atoms with Gasteiger partial charge in [0.25, 0.3) is 0 Å². The van der Waals surface area contributed by atoms with Gasteiger partial charge in [-0.3, -0.25) is 4.79 Å². The Kier molecular flexibility index (Phi) is 5.91. The molecule has 0 aromatic carbocycles. The third kappa shape index (κ3) is 4.23. The molecule has 2 aromatic rings. The molecule has 1 unspecified atom stereocenters. The van der Waals surface area contributed by atoms with Gasteiger partial charge in [-0.05, 0) is 30.5 Å². The van der Waals surface area contributed by atoms with E-state index in [0.717, 1.165) is 37.6 Å². The smallest absolute Gasteiger partial charge is 0.224 e. The maximum Gasteiger partial charge on any atom is 0.224 e. The molecule has 140 valence electrons. The first-order chi connectivity index (χ1) is 12.6. The summed E-state index contributed by atoms with van der Waals surface area (Å²) in [5.41, 5.74) is 1.26. The van der Waals surface area contributed by atoms with Crippen LogP contribution in [0.3, 0.4) is 0 Å². The summed E-state index contributed by atoms with van der Waals surface area (Å²) in [4.78, 5) is 23.5. The van der Waals surface area contributed by atoms with Gasteiger partial charge in [0.15, 0.2) is 0 Å². The number of aryl methyl sites for hydroxylation is 1. The van der Waals surface area contributed by atoms with E-state index in [1.165, 1.54) is 5.56 Å². The molecular weight excluding hydrogens is 326 g/mol. The Bertz CT molecular complexity index is 739. The molecule has 1 fully saturated rings. The standard InChI is InChI=1S/C20H29N5O/c1-15(2)20-23-9-12-24(20)11-7-19(26)25-10-4-5-17(14-25)16-6-8-22-18(13-16)21-3/h6,8-9,12-13,15,17H,4-5,7,10-11,14H2,1-3H3,(H,21,22). The highest BCUT2D eigenvalue weighted by atomic mass is 16.2. The fraction of sp³-hybridized carbons (Fsp3) is 0.550. The number of amides is 1. The zero-order valence-corrected chi connectivity index (χ0v) is 16.0. The Morgan fingerprint density at radius 1 is 1.35 bits per heavy atom. The van der Waals surface area contributed by atoms with E-state index in [4.69, 9.17) is 0 Å². The molecule has 6 nitrogen and oxygen atoms in total. The van der Waals surface area contributed by atoms with Gasteiger partial charge in [-0.25, -0.2) is 9.97 Å². The lowest BCUT2D eigenvalue weighted by Gasteiger charge is -2.33. The minimum absolute atomic E-state index is 0.237. The Labute approximate surface area is 155 Å². The van der Waals surface area contributed by atoms with E-state index >= 15 is 0 Å². The second-order valence-electron chi connectivity index (χ2n) is 7.29. The van der Waals surface area contributed by atoms with Crippen LogP contribution in [-0.4, -0.2) is 45.5 Å². The van der Waals surface area contributed by atoms with Gasteiger partial charge in [-0.15, -0.1) is 0 Å². The molecule has 1 atom stereocenters.